The van der Waals surface area contributed by atoms with E-state index in [-0.39, 0.29) is 5.91 Å². The Hall–Kier alpha value is -1.98. The van der Waals surface area contributed by atoms with Gasteiger partial charge in [0.25, 0.3) is 0 Å². The molecule has 0 aliphatic carbocycles. The number of ether oxygens (including phenoxy) is 1. The lowest BCUT2D eigenvalue weighted by Crippen LogP contribution is -2.33. The Morgan fingerprint density at radius 1 is 1.17 bits per heavy atom. The van der Waals surface area contributed by atoms with Crippen LogP contribution in [0.1, 0.15) is 5.56 Å². The summed E-state index contributed by atoms with van der Waals surface area (Å²) in [5, 5.41) is 2.96. The third-order valence-corrected chi connectivity index (χ3v) is 4.35. The molecule has 0 fully saturated rings. The van der Waals surface area contributed by atoms with E-state index in [1.807, 2.05) is 73.7 Å². The second-order valence-corrected chi connectivity index (χ2v) is 6.50. The van der Waals surface area contributed by atoms with Crippen molar-refractivity contribution in [2.75, 3.05) is 38.3 Å². The predicted molar refractivity (Wildman–Crippen MR) is 101 cm³/mol. The number of nitrogens with zero attached hydrogens (tertiary/aromatic N) is 1. The summed E-state index contributed by atoms with van der Waals surface area (Å²) in [6, 6.07) is 15.8. The number of hydrogen-bond donors (Lipinski definition) is 1. The molecule has 0 atom stereocenters. The summed E-state index contributed by atoms with van der Waals surface area (Å²) in [6.07, 6.45) is 2.00. The quantitative estimate of drug-likeness (QED) is 0.742. The van der Waals surface area contributed by atoms with Gasteiger partial charge < -0.3 is 10.1 Å². The number of anilines is 1. The van der Waals surface area contributed by atoms with Gasteiger partial charge in [0.2, 0.25) is 5.91 Å². The van der Waals surface area contributed by atoms with Gasteiger partial charge in [-0.3, -0.25) is 9.69 Å². The van der Waals surface area contributed by atoms with Crippen molar-refractivity contribution in [2.45, 2.75) is 11.8 Å². The van der Waals surface area contributed by atoms with Crippen LogP contribution < -0.4 is 10.1 Å². The summed E-state index contributed by atoms with van der Waals surface area (Å²) in [7, 11) is 1.92. The zero-order valence-corrected chi connectivity index (χ0v) is 15.2. The second-order valence-electron chi connectivity index (χ2n) is 5.65. The minimum atomic E-state index is -0.0191. The van der Waals surface area contributed by atoms with Gasteiger partial charge in [-0.15, -0.1) is 11.8 Å². The van der Waals surface area contributed by atoms with E-state index in [1.54, 1.807) is 11.8 Å². The Labute approximate surface area is 148 Å². The van der Waals surface area contributed by atoms with E-state index in [4.69, 9.17) is 4.74 Å². The van der Waals surface area contributed by atoms with Crippen LogP contribution in [0.4, 0.5) is 5.69 Å². The molecule has 4 nitrogen and oxygen atoms in total. The fourth-order valence-electron chi connectivity index (χ4n) is 2.22. The summed E-state index contributed by atoms with van der Waals surface area (Å²) in [5.41, 5.74) is 2.07. The molecule has 0 aliphatic heterocycles. The number of carbonyl (C=O) groups excluding carboxylic acids is 1. The number of nitrogens with one attached hydrogen (secondary N) is 1. The molecule has 2 rings (SSSR count). The van der Waals surface area contributed by atoms with E-state index in [0.29, 0.717) is 19.7 Å². The third kappa shape index (κ3) is 5.91. The Morgan fingerprint density at radius 3 is 2.58 bits per heavy atom. The highest BCUT2D eigenvalue weighted by atomic mass is 32.2. The highest BCUT2D eigenvalue weighted by Crippen LogP contribution is 2.24. The summed E-state index contributed by atoms with van der Waals surface area (Å²) in [4.78, 5) is 15.2. The minimum absolute atomic E-state index is 0.0191. The molecule has 1 N–H and O–H groups in total. The average molecular weight is 344 g/mol. The standard InChI is InChI=1S/C19H24N2O2S/c1-15-8-10-16(11-9-15)23-13-12-21(2)14-19(22)20-17-6-4-5-7-18(17)24-3/h4-11H,12-14H2,1-3H3,(H,20,22). The van der Waals surface area contributed by atoms with Gasteiger partial charge in [0.05, 0.1) is 12.2 Å². The van der Waals surface area contributed by atoms with Crippen LogP contribution in [-0.4, -0.2) is 43.8 Å². The van der Waals surface area contributed by atoms with Crippen LogP contribution in [0.3, 0.4) is 0 Å². The number of amides is 1. The highest BCUT2D eigenvalue weighted by molar-refractivity contribution is 7.98. The zero-order valence-electron chi connectivity index (χ0n) is 14.4. The lowest BCUT2D eigenvalue weighted by atomic mass is 10.2. The van der Waals surface area contributed by atoms with E-state index in [2.05, 4.69) is 5.32 Å². The van der Waals surface area contributed by atoms with E-state index < -0.39 is 0 Å². The number of likely N-dealkylation sites (N-methyl/N-ethyl adjacent to an activating group) is 1. The van der Waals surface area contributed by atoms with Crippen LogP contribution in [-0.2, 0) is 4.79 Å². The van der Waals surface area contributed by atoms with Crippen molar-refractivity contribution in [3.8, 4) is 5.75 Å². The Kier molecular flexibility index (Phi) is 7.15. The average Bonchev–Trinajstić information content (AvgIpc) is 2.57. The van der Waals surface area contributed by atoms with Crippen LogP contribution in [0.2, 0.25) is 0 Å². The molecule has 0 aromatic heterocycles. The number of hydrogen-bond acceptors (Lipinski definition) is 4. The van der Waals surface area contributed by atoms with Crippen molar-refractivity contribution in [1.29, 1.82) is 0 Å². The smallest absolute Gasteiger partial charge is 0.238 e. The van der Waals surface area contributed by atoms with Crippen LogP contribution in [0.15, 0.2) is 53.4 Å². The molecule has 128 valence electrons. The van der Waals surface area contributed by atoms with Crippen LogP contribution >= 0.6 is 11.8 Å². The van der Waals surface area contributed by atoms with E-state index in [0.717, 1.165) is 16.3 Å². The third-order valence-electron chi connectivity index (χ3n) is 3.56. The van der Waals surface area contributed by atoms with Crippen LogP contribution in [0.25, 0.3) is 0 Å². The topological polar surface area (TPSA) is 41.6 Å². The number of thioether (sulfide) groups is 1. The first-order valence-electron chi connectivity index (χ1n) is 7.89. The van der Waals surface area contributed by atoms with Crippen molar-refractivity contribution in [3.63, 3.8) is 0 Å². The van der Waals surface area contributed by atoms with Gasteiger partial charge in [-0.25, -0.2) is 0 Å². The lowest BCUT2D eigenvalue weighted by Gasteiger charge is -2.17. The first kappa shape index (κ1) is 18.4. The van der Waals surface area contributed by atoms with Crippen molar-refractivity contribution in [1.82, 2.24) is 4.90 Å². The van der Waals surface area contributed by atoms with Crippen molar-refractivity contribution < 1.29 is 9.53 Å². The number of carbonyl (C=O) groups is 1. The van der Waals surface area contributed by atoms with E-state index >= 15 is 0 Å². The highest BCUT2D eigenvalue weighted by Gasteiger charge is 2.09. The van der Waals surface area contributed by atoms with Gasteiger partial charge in [0.1, 0.15) is 12.4 Å². The van der Waals surface area contributed by atoms with Crippen LogP contribution in [0, 0.1) is 6.92 Å². The number of benzene rings is 2. The monoisotopic (exact) mass is 344 g/mol. The van der Waals surface area contributed by atoms with Crippen molar-refractivity contribution in [2.24, 2.45) is 0 Å². The summed E-state index contributed by atoms with van der Waals surface area (Å²) in [6.45, 7) is 3.62. The molecule has 0 heterocycles. The fourth-order valence-corrected chi connectivity index (χ4v) is 2.77. The van der Waals surface area contributed by atoms with E-state index in [9.17, 15) is 4.79 Å². The number of rotatable bonds is 8. The van der Waals surface area contributed by atoms with Gasteiger partial charge in [0.15, 0.2) is 0 Å². The van der Waals surface area contributed by atoms with Gasteiger partial charge in [-0.1, -0.05) is 29.8 Å². The molecule has 0 saturated heterocycles. The maximum absolute atomic E-state index is 12.2. The first-order valence-corrected chi connectivity index (χ1v) is 9.12. The maximum Gasteiger partial charge on any atom is 0.238 e. The fraction of sp³-hybridized carbons (Fsp3) is 0.316. The minimum Gasteiger partial charge on any atom is -0.492 e. The maximum atomic E-state index is 12.2. The largest absolute Gasteiger partial charge is 0.492 e. The van der Waals surface area contributed by atoms with Crippen molar-refractivity contribution in [3.05, 3.63) is 54.1 Å². The normalized spacial score (nSPS) is 10.7. The summed E-state index contributed by atoms with van der Waals surface area (Å²) >= 11 is 1.62. The van der Waals surface area contributed by atoms with Gasteiger partial charge in [-0.2, -0.15) is 0 Å². The Bertz CT molecular complexity index is 659. The molecule has 24 heavy (non-hydrogen) atoms. The lowest BCUT2D eigenvalue weighted by molar-refractivity contribution is -0.117. The molecule has 2 aromatic rings. The SMILES string of the molecule is CSc1ccccc1NC(=O)CN(C)CCOc1ccc(C)cc1. The molecule has 0 radical (unpaired) electrons. The Balaban J connectivity index is 1.74. The first-order chi connectivity index (χ1) is 11.6. The molecule has 2 aromatic carbocycles. The summed E-state index contributed by atoms with van der Waals surface area (Å²) < 4.78 is 5.69. The summed E-state index contributed by atoms with van der Waals surface area (Å²) in [5.74, 6) is 0.835. The van der Waals surface area contributed by atoms with Crippen LogP contribution in [0.5, 0.6) is 5.75 Å². The number of para-hydroxylation sites is 1. The van der Waals surface area contributed by atoms with Gasteiger partial charge >= 0.3 is 0 Å². The molecule has 0 bridgehead atoms. The molecule has 0 saturated carbocycles. The van der Waals surface area contributed by atoms with Gasteiger partial charge in [0, 0.05) is 11.4 Å². The number of aryl methyl sites for hydroxylation is 1. The Morgan fingerprint density at radius 2 is 1.88 bits per heavy atom. The molecule has 5 heteroatoms. The zero-order chi connectivity index (χ0) is 17.4. The molecule has 0 aliphatic rings. The van der Waals surface area contributed by atoms with Gasteiger partial charge in [-0.05, 0) is 44.5 Å². The second kappa shape index (κ2) is 9.35. The molecule has 1 amide bonds. The van der Waals surface area contributed by atoms with E-state index in [1.165, 1.54) is 5.56 Å². The molecule has 0 unspecified atom stereocenters. The molecule has 0 spiro atoms. The molecular weight excluding hydrogens is 320 g/mol. The predicted octanol–water partition coefficient (Wildman–Crippen LogP) is 3.67. The van der Waals surface area contributed by atoms with Crippen molar-refractivity contribution >= 4 is 23.4 Å². The molecular formula is C19H24N2O2S.